The molecule has 0 aromatic heterocycles. The normalized spacial score (nSPS) is 10.4. The van der Waals surface area contributed by atoms with Crippen molar-refractivity contribution in [2.24, 2.45) is 0 Å². The summed E-state index contributed by atoms with van der Waals surface area (Å²) >= 11 is 0. The molecule has 0 spiro atoms. The highest BCUT2D eigenvalue weighted by Crippen LogP contribution is 2.29. The molecule has 132 valence electrons. The van der Waals surface area contributed by atoms with Crippen LogP contribution in [0.25, 0.3) is 0 Å². The highest BCUT2D eigenvalue weighted by Gasteiger charge is 2.11. The van der Waals surface area contributed by atoms with Gasteiger partial charge >= 0.3 is 0 Å². The number of anilines is 1. The van der Waals surface area contributed by atoms with Crippen molar-refractivity contribution in [3.05, 3.63) is 89.5 Å². The zero-order chi connectivity index (χ0) is 18.4. The van der Waals surface area contributed by atoms with Gasteiger partial charge in [0.25, 0.3) is 5.91 Å². The zero-order valence-corrected chi connectivity index (χ0v) is 14.9. The van der Waals surface area contributed by atoms with Crippen LogP contribution in [0.15, 0.2) is 72.8 Å². The molecule has 0 heterocycles. The second-order valence-electron chi connectivity index (χ2n) is 6.00. The fourth-order valence-electron chi connectivity index (χ4n) is 2.56. The number of hydrogen-bond donors (Lipinski definition) is 1. The Labute approximate surface area is 153 Å². The summed E-state index contributed by atoms with van der Waals surface area (Å²) in [6, 6.07) is 22.5. The molecule has 0 radical (unpaired) electrons. The first-order valence-electron chi connectivity index (χ1n) is 8.38. The van der Waals surface area contributed by atoms with E-state index in [9.17, 15) is 4.79 Å². The molecule has 3 aromatic carbocycles. The average Bonchev–Trinajstić information content (AvgIpc) is 2.66. The molecule has 0 bridgehead atoms. The summed E-state index contributed by atoms with van der Waals surface area (Å²) in [5.41, 5.74) is 3.30. The summed E-state index contributed by atoms with van der Waals surface area (Å²) in [6.07, 6.45) is 0. The molecule has 0 unspecified atom stereocenters. The van der Waals surface area contributed by atoms with Crippen LogP contribution in [0.1, 0.15) is 21.5 Å². The fraction of sp³-hybridized carbons (Fsp3) is 0.136. The van der Waals surface area contributed by atoms with E-state index in [1.54, 1.807) is 13.2 Å². The number of aryl methyl sites for hydroxylation is 1. The minimum Gasteiger partial charge on any atom is -0.455 e. The van der Waals surface area contributed by atoms with Gasteiger partial charge in [-0.15, -0.1) is 0 Å². The molecule has 3 rings (SSSR count). The molecule has 0 fully saturated rings. The predicted octanol–water partition coefficient (Wildman–Crippen LogP) is 5.19. The Morgan fingerprint density at radius 2 is 1.73 bits per heavy atom. The lowest BCUT2D eigenvalue weighted by Crippen LogP contribution is -2.12. The van der Waals surface area contributed by atoms with Crippen molar-refractivity contribution in [2.75, 3.05) is 12.4 Å². The van der Waals surface area contributed by atoms with Crippen molar-refractivity contribution >= 4 is 11.6 Å². The lowest BCUT2D eigenvalue weighted by molar-refractivity contribution is 0.102. The van der Waals surface area contributed by atoms with Crippen LogP contribution in [0.3, 0.4) is 0 Å². The largest absolute Gasteiger partial charge is 0.455 e. The van der Waals surface area contributed by atoms with E-state index in [4.69, 9.17) is 9.47 Å². The average molecular weight is 347 g/mol. The van der Waals surface area contributed by atoms with Gasteiger partial charge in [0.1, 0.15) is 5.75 Å². The molecular formula is C22H21NO3. The fourth-order valence-corrected chi connectivity index (χ4v) is 2.56. The van der Waals surface area contributed by atoms with Gasteiger partial charge in [-0.2, -0.15) is 0 Å². The number of carbonyl (C=O) groups excluding carboxylic acids is 1. The lowest BCUT2D eigenvalue weighted by Gasteiger charge is -2.13. The standard InChI is InChI=1S/C22H21NO3/c1-16-10-12-19(13-11-16)26-21-9-4-3-8-20(21)23-22(24)18-7-5-6-17(14-18)15-25-2/h3-14H,15H2,1-2H3,(H,23,24). The van der Waals surface area contributed by atoms with Gasteiger partial charge in [0.2, 0.25) is 0 Å². The summed E-state index contributed by atoms with van der Waals surface area (Å²) in [4.78, 5) is 12.6. The van der Waals surface area contributed by atoms with E-state index in [0.29, 0.717) is 23.6 Å². The maximum atomic E-state index is 12.6. The molecule has 0 saturated carbocycles. The van der Waals surface area contributed by atoms with Gasteiger partial charge in [-0.05, 0) is 48.9 Å². The van der Waals surface area contributed by atoms with Crippen LogP contribution in [0.2, 0.25) is 0 Å². The second kappa shape index (κ2) is 8.32. The highest BCUT2D eigenvalue weighted by molar-refractivity contribution is 6.05. The number of methoxy groups -OCH3 is 1. The molecule has 0 saturated heterocycles. The first-order valence-corrected chi connectivity index (χ1v) is 8.38. The lowest BCUT2D eigenvalue weighted by atomic mass is 10.1. The van der Waals surface area contributed by atoms with E-state index >= 15 is 0 Å². The number of para-hydroxylation sites is 2. The van der Waals surface area contributed by atoms with E-state index in [-0.39, 0.29) is 5.91 Å². The Hall–Kier alpha value is -3.11. The molecule has 4 heteroatoms. The molecule has 1 amide bonds. The molecule has 0 atom stereocenters. The molecule has 26 heavy (non-hydrogen) atoms. The van der Waals surface area contributed by atoms with Crippen molar-refractivity contribution in [1.29, 1.82) is 0 Å². The molecule has 1 N–H and O–H groups in total. The molecule has 0 aliphatic rings. The van der Waals surface area contributed by atoms with E-state index in [1.165, 1.54) is 0 Å². The number of rotatable bonds is 6. The van der Waals surface area contributed by atoms with Crippen molar-refractivity contribution < 1.29 is 14.3 Å². The van der Waals surface area contributed by atoms with Gasteiger partial charge in [-0.25, -0.2) is 0 Å². The zero-order valence-electron chi connectivity index (χ0n) is 14.9. The summed E-state index contributed by atoms with van der Waals surface area (Å²) < 4.78 is 11.1. The van der Waals surface area contributed by atoms with Crippen LogP contribution >= 0.6 is 0 Å². The van der Waals surface area contributed by atoms with Crippen LogP contribution in [-0.2, 0) is 11.3 Å². The highest BCUT2D eigenvalue weighted by atomic mass is 16.5. The topological polar surface area (TPSA) is 47.6 Å². The van der Waals surface area contributed by atoms with E-state index in [1.807, 2.05) is 73.7 Å². The first-order chi connectivity index (χ1) is 12.7. The van der Waals surface area contributed by atoms with Gasteiger partial charge in [0.05, 0.1) is 12.3 Å². The maximum absolute atomic E-state index is 12.6. The molecular weight excluding hydrogens is 326 g/mol. The van der Waals surface area contributed by atoms with Crippen LogP contribution in [0, 0.1) is 6.92 Å². The maximum Gasteiger partial charge on any atom is 0.255 e. The van der Waals surface area contributed by atoms with E-state index in [0.717, 1.165) is 16.9 Å². The van der Waals surface area contributed by atoms with Gasteiger partial charge in [0.15, 0.2) is 5.75 Å². The van der Waals surface area contributed by atoms with Crippen LogP contribution in [-0.4, -0.2) is 13.0 Å². The molecule has 3 aromatic rings. The van der Waals surface area contributed by atoms with Gasteiger partial charge in [-0.3, -0.25) is 4.79 Å². The van der Waals surface area contributed by atoms with Crippen LogP contribution in [0.5, 0.6) is 11.5 Å². The van der Waals surface area contributed by atoms with Crippen LogP contribution < -0.4 is 10.1 Å². The number of hydrogen-bond acceptors (Lipinski definition) is 3. The third-order valence-electron chi connectivity index (χ3n) is 3.88. The Balaban J connectivity index is 1.78. The summed E-state index contributed by atoms with van der Waals surface area (Å²) in [6.45, 7) is 2.49. The predicted molar refractivity (Wildman–Crippen MR) is 103 cm³/mol. The minimum absolute atomic E-state index is 0.192. The number of benzene rings is 3. The van der Waals surface area contributed by atoms with Crippen molar-refractivity contribution in [3.63, 3.8) is 0 Å². The van der Waals surface area contributed by atoms with Crippen molar-refractivity contribution in [1.82, 2.24) is 0 Å². The van der Waals surface area contributed by atoms with E-state index < -0.39 is 0 Å². The SMILES string of the molecule is COCc1cccc(C(=O)Nc2ccccc2Oc2ccc(C)cc2)c1. The summed E-state index contributed by atoms with van der Waals surface area (Å²) in [5.74, 6) is 1.13. The Kier molecular flexibility index (Phi) is 5.66. The van der Waals surface area contributed by atoms with Crippen molar-refractivity contribution in [3.8, 4) is 11.5 Å². The number of carbonyl (C=O) groups is 1. The Morgan fingerprint density at radius 3 is 2.50 bits per heavy atom. The van der Waals surface area contributed by atoms with Crippen LogP contribution in [0.4, 0.5) is 5.69 Å². The number of ether oxygens (including phenoxy) is 2. The Bertz CT molecular complexity index is 888. The molecule has 0 aliphatic carbocycles. The minimum atomic E-state index is -0.192. The van der Waals surface area contributed by atoms with Gasteiger partial charge in [-0.1, -0.05) is 42.0 Å². The second-order valence-corrected chi connectivity index (χ2v) is 6.00. The third-order valence-corrected chi connectivity index (χ3v) is 3.88. The van der Waals surface area contributed by atoms with Gasteiger partial charge in [0, 0.05) is 12.7 Å². The Morgan fingerprint density at radius 1 is 0.962 bits per heavy atom. The smallest absolute Gasteiger partial charge is 0.255 e. The third kappa shape index (κ3) is 4.49. The summed E-state index contributed by atoms with van der Waals surface area (Å²) in [5, 5.41) is 2.92. The monoisotopic (exact) mass is 347 g/mol. The number of amides is 1. The van der Waals surface area contributed by atoms with Crippen molar-refractivity contribution in [2.45, 2.75) is 13.5 Å². The van der Waals surface area contributed by atoms with Gasteiger partial charge < -0.3 is 14.8 Å². The molecule has 0 aliphatic heterocycles. The first kappa shape index (κ1) is 17.7. The number of nitrogens with one attached hydrogen (secondary N) is 1. The van der Waals surface area contributed by atoms with E-state index in [2.05, 4.69) is 5.32 Å². The summed E-state index contributed by atoms with van der Waals surface area (Å²) in [7, 11) is 1.63. The molecule has 4 nitrogen and oxygen atoms in total. The quantitative estimate of drug-likeness (QED) is 0.668.